The Morgan fingerprint density at radius 3 is 2.50 bits per heavy atom. The topological polar surface area (TPSA) is 148 Å². The molecule has 0 aliphatic carbocycles. The van der Waals surface area contributed by atoms with Gasteiger partial charge in [0.05, 0.1) is 23.4 Å². The molecule has 3 atom stereocenters. The fourth-order valence-electron chi connectivity index (χ4n) is 3.70. The van der Waals surface area contributed by atoms with Crippen LogP contribution in [0.4, 0.5) is 0 Å². The first-order valence-corrected chi connectivity index (χ1v) is 12.9. The van der Waals surface area contributed by atoms with Crippen LogP contribution in [0.5, 0.6) is 5.88 Å². The number of sulfone groups is 1. The van der Waals surface area contributed by atoms with Crippen molar-refractivity contribution in [1.82, 2.24) is 34.9 Å². The molecule has 12 nitrogen and oxygen atoms in total. The van der Waals surface area contributed by atoms with Crippen molar-refractivity contribution in [1.29, 1.82) is 0 Å². The molecule has 0 bridgehead atoms. The minimum Gasteiger partial charge on any atom is -0.481 e. The molecule has 4 heterocycles. The molecule has 190 valence electrons. The fraction of sp³-hybridized carbons (Fsp3) is 0.364. The Balaban J connectivity index is 1.73. The van der Waals surface area contributed by atoms with E-state index >= 15 is 0 Å². The molecule has 0 fully saturated rings. The van der Waals surface area contributed by atoms with Gasteiger partial charge in [0.1, 0.15) is 35.3 Å². The van der Waals surface area contributed by atoms with E-state index in [2.05, 4.69) is 30.3 Å². The van der Waals surface area contributed by atoms with E-state index in [1.54, 1.807) is 28.8 Å². The SMILES string of the molecule is COc1cccc(-c2nnc(CS(=O)(=O)[C@@H](C)[C@H](OC)c3ncc(Cl)cn3)n2[C@H](C)c2ccon2)n1. The quantitative estimate of drug-likeness (QED) is 0.296. The molecule has 0 amide bonds. The Hall–Kier alpha value is -3.42. The molecule has 0 unspecified atom stereocenters. The summed E-state index contributed by atoms with van der Waals surface area (Å²) in [5.41, 5.74) is 1.02. The van der Waals surface area contributed by atoms with Gasteiger partial charge in [0, 0.05) is 31.6 Å². The highest BCUT2D eigenvalue weighted by Gasteiger charge is 2.35. The van der Waals surface area contributed by atoms with Crippen molar-refractivity contribution in [2.24, 2.45) is 0 Å². The fourth-order valence-corrected chi connectivity index (χ4v) is 5.23. The molecule has 0 radical (unpaired) electrons. The maximum absolute atomic E-state index is 13.5. The van der Waals surface area contributed by atoms with Gasteiger partial charge in [-0.1, -0.05) is 22.8 Å². The van der Waals surface area contributed by atoms with Crippen LogP contribution in [0.15, 0.2) is 47.4 Å². The average molecular weight is 534 g/mol. The summed E-state index contributed by atoms with van der Waals surface area (Å²) in [6, 6.07) is 6.42. The van der Waals surface area contributed by atoms with Gasteiger partial charge in [-0.15, -0.1) is 10.2 Å². The highest BCUT2D eigenvalue weighted by atomic mass is 35.5. The normalized spacial score (nSPS) is 14.4. The summed E-state index contributed by atoms with van der Waals surface area (Å²) in [6.45, 7) is 3.37. The molecule has 0 N–H and O–H groups in total. The second kappa shape index (κ2) is 10.7. The number of methoxy groups -OCH3 is 2. The number of hydrogen-bond donors (Lipinski definition) is 0. The molecule has 4 rings (SSSR count). The van der Waals surface area contributed by atoms with E-state index in [-0.39, 0.29) is 11.6 Å². The standard InChI is InChI=1S/C22H24ClN7O5S/c1-13(16-8-9-35-29-16)30-18(27-28-22(30)17-6-5-7-19(26-17)33-3)12-36(31,32)14(2)20(34-4)21-24-10-15(23)11-25-21/h5-11,13-14,20H,12H2,1-4H3/t13-,14+,20+/m1/s1. The van der Waals surface area contributed by atoms with Crippen molar-refractivity contribution in [2.45, 2.75) is 37.0 Å². The maximum atomic E-state index is 13.5. The zero-order valence-corrected chi connectivity index (χ0v) is 21.5. The summed E-state index contributed by atoms with van der Waals surface area (Å²) in [6.07, 6.45) is 3.29. The second-order valence-electron chi connectivity index (χ2n) is 7.90. The van der Waals surface area contributed by atoms with Gasteiger partial charge in [-0.2, -0.15) is 0 Å². The summed E-state index contributed by atoms with van der Waals surface area (Å²) in [4.78, 5) is 12.7. The summed E-state index contributed by atoms with van der Waals surface area (Å²) in [7, 11) is -0.936. The van der Waals surface area contributed by atoms with E-state index < -0.39 is 33.0 Å². The van der Waals surface area contributed by atoms with Crippen molar-refractivity contribution in [2.75, 3.05) is 14.2 Å². The van der Waals surface area contributed by atoms with Crippen LogP contribution in [-0.4, -0.2) is 62.8 Å². The number of rotatable bonds is 10. The third-order valence-corrected chi connectivity index (χ3v) is 7.91. The van der Waals surface area contributed by atoms with E-state index in [1.165, 1.54) is 39.8 Å². The van der Waals surface area contributed by atoms with Crippen LogP contribution >= 0.6 is 11.6 Å². The van der Waals surface area contributed by atoms with Crippen molar-refractivity contribution in [3.05, 3.63) is 65.3 Å². The zero-order valence-electron chi connectivity index (χ0n) is 19.9. The largest absolute Gasteiger partial charge is 0.481 e. The molecular weight excluding hydrogens is 510 g/mol. The van der Waals surface area contributed by atoms with Crippen LogP contribution < -0.4 is 4.74 Å². The lowest BCUT2D eigenvalue weighted by Crippen LogP contribution is -2.30. The first-order chi connectivity index (χ1) is 17.2. The van der Waals surface area contributed by atoms with E-state index in [0.29, 0.717) is 28.1 Å². The number of nitrogens with zero attached hydrogens (tertiary/aromatic N) is 7. The minimum absolute atomic E-state index is 0.198. The Morgan fingerprint density at radius 2 is 1.86 bits per heavy atom. The predicted molar refractivity (Wildman–Crippen MR) is 129 cm³/mol. The van der Waals surface area contributed by atoms with Crippen molar-refractivity contribution in [3.63, 3.8) is 0 Å². The van der Waals surface area contributed by atoms with E-state index in [0.717, 1.165) is 0 Å². The molecule has 0 saturated carbocycles. The maximum Gasteiger partial charge on any atom is 0.213 e. The van der Waals surface area contributed by atoms with Gasteiger partial charge in [0.15, 0.2) is 21.5 Å². The summed E-state index contributed by atoms with van der Waals surface area (Å²) >= 11 is 5.87. The van der Waals surface area contributed by atoms with Gasteiger partial charge in [0.2, 0.25) is 5.88 Å². The lowest BCUT2D eigenvalue weighted by Gasteiger charge is -2.22. The van der Waals surface area contributed by atoms with Crippen LogP contribution in [0, 0.1) is 0 Å². The number of ether oxygens (including phenoxy) is 2. The lowest BCUT2D eigenvalue weighted by molar-refractivity contribution is 0.0948. The lowest BCUT2D eigenvalue weighted by atomic mass is 10.2. The molecular formula is C22H24ClN7O5S. The molecule has 4 aromatic heterocycles. The van der Waals surface area contributed by atoms with E-state index in [9.17, 15) is 8.42 Å². The van der Waals surface area contributed by atoms with Crippen LogP contribution in [-0.2, 0) is 20.3 Å². The average Bonchev–Trinajstić information content (AvgIpc) is 3.55. The Kier molecular flexibility index (Phi) is 7.62. The third-order valence-electron chi connectivity index (χ3n) is 5.67. The predicted octanol–water partition coefficient (Wildman–Crippen LogP) is 3.08. The number of pyridine rings is 1. The van der Waals surface area contributed by atoms with Gasteiger partial charge in [-0.3, -0.25) is 4.57 Å². The van der Waals surface area contributed by atoms with Gasteiger partial charge in [-0.25, -0.2) is 23.4 Å². The summed E-state index contributed by atoms with van der Waals surface area (Å²) in [5.74, 6) is 0.706. The first kappa shape index (κ1) is 25.7. The smallest absolute Gasteiger partial charge is 0.213 e. The van der Waals surface area contributed by atoms with Gasteiger partial charge in [0.25, 0.3) is 0 Å². The molecule has 14 heteroatoms. The number of hydrogen-bond acceptors (Lipinski definition) is 11. The Bertz CT molecular complexity index is 1410. The van der Waals surface area contributed by atoms with Crippen LogP contribution in [0.1, 0.15) is 43.3 Å². The van der Waals surface area contributed by atoms with Gasteiger partial charge < -0.3 is 14.0 Å². The Morgan fingerprint density at radius 1 is 1.11 bits per heavy atom. The van der Waals surface area contributed by atoms with E-state index in [1.807, 2.05) is 6.92 Å². The second-order valence-corrected chi connectivity index (χ2v) is 10.7. The monoisotopic (exact) mass is 533 g/mol. The van der Waals surface area contributed by atoms with E-state index in [4.69, 9.17) is 25.6 Å². The summed E-state index contributed by atoms with van der Waals surface area (Å²) in [5, 5.41) is 11.8. The number of aromatic nitrogens is 7. The number of halogens is 1. The van der Waals surface area contributed by atoms with Crippen LogP contribution in [0.25, 0.3) is 11.5 Å². The molecule has 0 saturated heterocycles. The summed E-state index contributed by atoms with van der Waals surface area (Å²) < 4.78 is 44.4. The highest BCUT2D eigenvalue weighted by Crippen LogP contribution is 2.30. The van der Waals surface area contributed by atoms with Crippen LogP contribution in [0.3, 0.4) is 0 Å². The molecule has 0 aliphatic rings. The van der Waals surface area contributed by atoms with Crippen molar-refractivity contribution in [3.8, 4) is 17.4 Å². The molecule has 0 spiro atoms. The molecule has 4 aromatic rings. The first-order valence-electron chi connectivity index (χ1n) is 10.8. The third kappa shape index (κ3) is 5.22. The van der Waals surface area contributed by atoms with Crippen molar-refractivity contribution >= 4 is 21.4 Å². The van der Waals surface area contributed by atoms with Gasteiger partial charge in [-0.05, 0) is 19.9 Å². The molecule has 0 aliphatic heterocycles. The highest BCUT2D eigenvalue weighted by molar-refractivity contribution is 7.91. The molecule has 0 aromatic carbocycles. The van der Waals surface area contributed by atoms with Crippen LogP contribution in [0.2, 0.25) is 5.02 Å². The van der Waals surface area contributed by atoms with Crippen molar-refractivity contribution < 1.29 is 22.4 Å². The Labute approximate surface area is 212 Å². The zero-order chi connectivity index (χ0) is 25.9. The minimum atomic E-state index is -3.84. The molecule has 36 heavy (non-hydrogen) atoms. The van der Waals surface area contributed by atoms with Gasteiger partial charge >= 0.3 is 0 Å².